The smallest absolute Gasteiger partial charge is 0.218 e. The predicted octanol–water partition coefficient (Wildman–Crippen LogP) is 0.0189. The Balaban J connectivity index is 1.97. The summed E-state index contributed by atoms with van der Waals surface area (Å²) in [5, 5.41) is 3.15. The van der Waals surface area contributed by atoms with E-state index in [9.17, 15) is 4.79 Å². The van der Waals surface area contributed by atoms with Crippen molar-refractivity contribution in [3.8, 4) is 0 Å². The molecule has 2 unspecified atom stereocenters. The first-order chi connectivity index (χ1) is 6.18. The highest BCUT2D eigenvalue weighted by Crippen LogP contribution is 2.17. The van der Waals surface area contributed by atoms with Gasteiger partial charge in [0.15, 0.2) is 0 Å². The van der Waals surface area contributed by atoms with Crippen LogP contribution in [0.2, 0.25) is 0 Å². The van der Waals surface area contributed by atoms with E-state index in [1.54, 1.807) is 0 Å². The molecule has 0 saturated carbocycles. The topological polar surface area (TPSA) is 64.3 Å². The third-order valence-corrected chi connectivity index (χ3v) is 2.24. The van der Waals surface area contributed by atoms with Gasteiger partial charge in [-0.1, -0.05) is 0 Å². The van der Waals surface area contributed by atoms with Gasteiger partial charge in [0.25, 0.3) is 0 Å². The van der Waals surface area contributed by atoms with E-state index >= 15 is 0 Å². The van der Waals surface area contributed by atoms with Crippen LogP contribution in [-0.2, 0) is 9.53 Å². The van der Waals surface area contributed by atoms with E-state index < -0.39 is 0 Å². The second-order valence-corrected chi connectivity index (χ2v) is 3.57. The zero-order valence-corrected chi connectivity index (χ0v) is 8.08. The largest absolute Gasteiger partial charge is 0.374 e. The lowest BCUT2D eigenvalue weighted by molar-refractivity contribution is -0.117. The molecule has 0 bridgehead atoms. The second kappa shape index (κ2) is 5.19. The van der Waals surface area contributed by atoms with Gasteiger partial charge in [-0.2, -0.15) is 0 Å². The van der Waals surface area contributed by atoms with Gasteiger partial charge >= 0.3 is 0 Å². The van der Waals surface area contributed by atoms with Crippen LogP contribution in [0.1, 0.15) is 26.2 Å². The number of primary amides is 1. The molecule has 1 aliphatic rings. The quantitative estimate of drug-likeness (QED) is 0.595. The predicted molar refractivity (Wildman–Crippen MR) is 50.3 cm³/mol. The average molecular weight is 186 g/mol. The van der Waals surface area contributed by atoms with Crippen LogP contribution in [0.15, 0.2) is 0 Å². The van der Waals surface area contributed by atoms with Crippen LogP contribution in [-0.4, -0.2) is 31.2 Å². The number of hydrogen-bond donors (Lipinski definition) is 2. The van der Waals surface area contributed by atoms with Crippen molar-refractivity contribution in [1.82, 2.24) is 5.32 Å². The highest BCUT2D eigenvalue weighted by atomic mass is 16.5. The number of carbonyl (C=O) groups is 1. The summed E-state index contributed by atoms with van der Waals surface area (Å²) >= 11 is 0. The molecule has 13 heavy (non-hydrogen) atoms. The van der Waals surface area contributed by atoms with E-state index in [2.05, 4.69) is 12.2 Å². The summed E-state index contributed by atoms with van der Waals surface area (Å²) in [6, 6.07) is 0. The molecule has 0 aliphatic carbocycles. The number of hydrogen-bond acceptors (Lipinski definition) is 3. The minimum atomic E-state index is -0.256. The summed E-state index contributed by atoms with van der Waals surface area (Å²) in [7, 11) is 0. The highest BCUT2D eigenvalue weighted by Gasteiger charge is 2.20. The molecule has 0 aromatic carbocycles. The van der Waals surface area contributed by atoms with E-state index in [4.69, 9.17) is 10.5 Å². The van der Waals surface area contributed by atoms with Gasteiger partial charge in [0.2, 0.25) is 5.91 Å². The molecule has 0 aromatic heterocycles. The Hall–Kier alpha value is -0.610. The number of rotatable bonds is 5. The monoisotopic (exact) mass is 186 g/mol. The maximum absolute atomic E-state index is 10.4. The lowest BCUT2D eigenvalue weighted by Crippen LogP contribution is -2.29. The van der Waals surface area contributed by atoms with Crippen molar-refractivity contribution in [3.05, 3.63) is 0 Å². The van der Waals surface area contributed by atoms with Crippen LogP contribution in [0, 0.1) is 0 Å². The van der Waals surface area contributed by atoms with Crippen LogP contribution >= 0.6 is 0 Å². The van der Waals surface area contributed by atoms with Crippen molar-refractivity contribution in [3.63, 3.8) is 0 Å². The number of carbonyl (C=O) groups excluding carboxylic acids is 1. The number of amides is 1. The standard InChI is InChI=1S/C9H18N2O2/c1-7-2-3-8(13-7)6-11-5-4-9(10)12/h7-8,11H,2-6H2,1H3,(H2,10,12). The van der Waals surface area contributed by atoms with E-state index in [0.29, 0.717) is 25.2 Å². The minimum Gasteiger partial charge on any atom is -0.374 e. The molecule has 1 heterocycles. The summed E-state index contributed by atoms with van der Waals surface area (Å²) in [4.78, 5) is 10.4. The van der Waals surface area contributed by atoms with Crippen molar-refractivity contribution >= 4 is 5.91 Å². The Kier molecular flexibility index (Phi) is 4.18. The van der Waals surface area contributed by atoms with Crippen molar-refractivity contribution in [2.45, 2.75) is 38.4 Å². The average Bonchev–Trinajstić information content (AvgIpc) is 2.45. The molecular weight excluding hydrogens is 168 g/mol. The van der Waals surface area contributed by atoms with Crippen LogP contribution < -0.4 is 11.1 Å². The second-order valence-electron chi connectivity index (χ2n) is 3.57. The molecule has 1 saturated heterocycles. The third kappa shape index (κ3) is 4.24. The van der Waals surface area contributed by atoms with E-state index in [1.165, 1.54) is 0 Å². The van der Waals surface area contributed by atoms with Crippen LogP contribution in [0.3, 0.4) is 0 Å². The maximum atomic E-state index is 10.4. The Morgan fingerprint density at radius 3 is 2.92 bits per heavy atom. The van der Waals surface area contributed by atoms with Crippen molar-refractivity contribution in [1.29, 1.82) is 0 Å². The summed E-state index contributed by atoms with van der Waals surface area (Å²) in [6.45, 7) is 3.57. The van der Waals surface area contributed by atoms with E-state index in [-0.39, 0.29) is 5.91 Å². The fourth-order valence-corrected chi connectivity index (χ4v) is 1.51. The lowest BCUT2D eigenvalue weighted by Gasteiger charge is -2.11. The zero-order chi connectivity index (χ0) is 9.68. The number of nitrogens with one attached hydrogen (secondary N) is 1. The molecule has 2 atom stereocenters. The SMILES string of the molecule is CC1CCC(CNCCC(N)=O)O1. The van der Waals surface area contributed by atoms with Gasteiger partial charge in [0.05, 0.1) is 12.2 Å². The first-order valence-corrected chi connectivity index (χ1v) is 4.83. The van der Waals surface area contributed by atoms with Gasteiger partial charge in [0, 0.05) is 19.5 Å². The normalized spacial score (nSPS) is 27.8. The van der Waals surface area contributed by atoms with Gasteiger partial charge in [-0.05, 0) is 19.8 Å². The van der Waals surface area contributed by atoms with Crippen molar-refractivity contribution < 1.29 is 9.53 Å². The number of ether oxygens (including phenoxy) is 1. The molecular formula is C9H18N2O2. The fraction of sp³-hybridized carbons (Fsp3) is 0.889. The molecule has 0 aromatic rings. The van der Waals surface area contributed by atoms with Gasteiger partial charge < -0.3 is 15.8 Å². The maximum Gasteiger partial charge on any atom is 0.218 e. The molecule has 1 aliphatic heterocycles. The van der Waals surface area contributed by atoms with Gasteiger partial charge in [-0.15, -0.1) is 0 Å². The summed E-state index contributed by atoms with van der Waals surface area (Å²) in [6.07, 6.45) is 3.38. The van der Waals surface area contributed by atoms with Crippen molar-refractivity contribution in [2.24, 2.45) is 5.73 Å². The minimum absolute atomic E-state index is 0.256. The molecule has 3 N–H and O–H groups in total. The summed E-state index contributed by atoms with van der Waals surface area (Å²) in [5.41, 5.74) is 5.00. The lowest BCUT2D eigenvalue weighted by atomic mass is 10.2. The molecule has 4 nitrogen and oxygen atoms in total. The van der Waals surface area contributed by atoms with Crippen LogP contribution in [0.5, 0.6) is 0 Å². The zero-order valence-electron chi connectivity index (χ0n) is 8.08. The molecule has 76 valence electrons. The highest BCUT2D eigenvalue weighted by molar-refractivity contribution is 5.73. The van der Waals surface area contributed by atoms with Gasteiger partial charge in [-0.3, -0.25) is 4.79 Å². The molecule has 1 rings (SSSR count). The first kappa shape index (κ1) is 10.5. The molecule has 1 fully saturated rings. The Labute approximate surface area is 78.8 Å². The van der Waals surface area contributed by atoms with Gasteiger partial charge in [0.1, 0.15) is 0 Å². The fourth-order valence-electron chi connectivity index (χ4n) is 1.51. The van der Waals surface area contributed by atoms with Crippen molar-refractivity contribution in [2.75, 3.05) is 13.1 Å². The Morgan fingerprint density at radius 2 is 2.38 bits per heavy atom. The van der Waals surface area contributed by atoms with E-state index in [1.807, 2.05) is 0 Å². The first-order valence-electron chi connectivity index (χ1n) is 4.83. The van der Waals surface area contributed by atoms with Crippen LogP contribution in [0.4, 0.5) is 0 Å². The van der Waals surface area contributed by atoms with Crippen LogP contribution in [0.25, 0.3) is 0 Å². The number of nitrogens with two attached hydrogens (primary N) is 1. The molecule has 0 spiro atoms. The summed E-state index contributed by atoms with van der Waals surface area (Å²) in [5.74, 6) is -0.256. The molecule has 1 amide bonds. The van der Waals surface area contributed by atoms with Gasteiger partial charge in [-0.25, -0.2) is 0 Å². The third-order valence-electron chi connectivity index (χ3n) is 2.24. The Bertz CT molecular complexity index is 173. The molecule has 0 radical (unpaired) electrons. The Morgan fingerprint density at radius 1 is 1.62 bits per heavy atom. The summed E-state index contributed by atoms with van der Waals surface area (Å²) < 4.78 is 5.59. The van der Waals surface area contributed by atoms with E-state index in [0.717, 1.165) is 19.4 Å². The molecule has 4 heteroatoms.